The molecule has 2 rings (SSSR count). The summed E-state index contributed by atoms with van der Waals surface area (Å²) < 4.78 is 5.29. The van der Waals surface area contributed by atoms with Crippen LogP contribution < -0.4 is 5.32 Å². The smallest absolute Gasteiger partial charge is 0.332 e. The molecule has 2 N–H and O–H groups in total. The SMILES string of the molecule is CN(C(=O)[C@@H]1CC[C@H](C(=O)O)O1)C1CCNCC1. The number of amides is 1. The zero-order valence-corrected chi connectivity index (χ0v) is 10.6. The van der Waals surface area contributed by atoms with E-state index in [9.17, 15) is 9.59 Å². The van der Waals surface area contributed by atoms with Gasteiger partial charge in [0, 0.05) is 13.1 Å². The van der Waals surface area contributed by atoms with Crippen molar-refractivity contribution >= 4 is 11.9 Å². The van der Waals surface area contributed by atoms with Crippen LogP contribution in [0.1, 0.15) is 25.7 Å². The Morgan fingerprint density at radius 3 is 2.33 bits per heavy atom. The zero-order valence-electron chi connectivity index (χ0n) is 10.6. The number of nitrogens with one attached hydrogen (secondary N) is 1. The number of aliphatic carboxylic acids is 1. The molecule has 2 aliphatic rings. The van der Waals surface area contributed by atoms with Gasteiger partial charge in [-0.1, -0.05) is 0 Å². The third-order valence-corrected chi connectivity index (χ3v) is 3.77. The van der Waals surface area contributed by atoms with E-state index in [2.05, 4.69) is 5.32 Å². The van der Waals surface area contributed by atoms with E-state index < -0.39 is 18.2 Å². The molecule has 2 heterocycles. The van der Waals surface area contributed by atoms with Crippen LogP contribution in [-0.4, -0.2) is 60.3 Å². The van der Waals surface area contributed by atoms with E-state index in [0.717, 1.165) is 25.9 Å². The molecule has 6 heteroatoms. The van der Waals surface area contributed by atoms with Gasteiger partial charge in [-0.3, -0.25) is 4.79 Å². The molecule has 0 aliphatic carbocycles. The number of rotatable bonds is 3. The molecule has 0 aromatic rings. The van der Waals surface area contributed by atoms with Crippen LogP contribution in [0.2, 0.25) is 0 Å². The Kier molecular flexibility index (Phi) is 4.19. The number of piperidine rings is 1. The molecule has 0 saturated carbocycles. The topological polar surface area (TPSA) is 78.9 Å². The summed E-state index contributed by atoms with van der Waals surface area (Å²) in [6.45, 7) is 1.84. The lowest BCUT2D eigenvalue weighted by Gasteiger charge is -2.33. The van der Waals surface area contributed by atoms with Crippen LogP contribution in [0.4, 0.5) is 0 Å². The Bertz CT molecular complexity index is 328. The minimum atomic E-state index is -0.977. The molecule has 0 aromatic heterocycles. The lowest BCUT2D eigenvalue weighted by atomic mass is 10.0. The zero-order chi connectivity index (χ0) is 13.1. The summed E-state index contributed by atoms with van der Waals surface area (Å²) in [6, 6.07) is 0.242. The number of carboxylic acid groups (broad SMARTS) is 1. The molecule has 2 aliphatic heterocycles. The Labute approximate surface area is 106 Å². The second-order valence-electron chi connectivity index (χ2n) is 4.96. The molecule has 2 atom stereocenters. The third kappa shape index (κ3) is 2.81. The van der Waals surface area contributed by atoms with Gasteiger partial charge in [0.2, 0.25) is 0 Å². The number of carbonyl (C=O) groups excluding carboxylic acids is 1. The first-order valence-electron chi connectivity index (χ1n) is 6.45. The van der Waals surface area contributed by atoms with E-state index in [1.54, 1.807) is 11.9 Å². The van der Waals surface area contributed by atoms with Gasteiger partial charge >= 0.3 is 5.97 Å². The van der Waals surface area contributed by atoms with Crippen molar-refractivity contribution in [1.29, 1.82) is 0 Å². The average molecular weight is 256 g/mol. The third-order valence-electron chi connectivity index (χ3n) is 3.77. The first-order chi connectivity index (χ1) is 8.59. The van der Waals surface area contributed by atoms with Crippen LogP contribution in [0.15, 0.2) is 0 Å². The van der Waals surface area contributed by atoms with E-state index in [1.807, 2.05) is 0 Å². The van der Waals surface area contributed by atoms with Crippen LogP contribution in [0.3, 0.4) is 0 Å². The number of carbonyl (C=O) groups is 2. The molecule has 0 unspecified atom stereocenters. The molecule has 0 bridgehead atoms. The highest BCUT2D eigenvalue weighted by Crippen LogP contribution is 2.23. The quantitative estimate of drug-likeness (QED) is 0.733. The summed E-state index contributed by atoms with van der Waals surface area (Å²) in [4.78, 5) is 24.7. The van der Waals surface area contributed by atoms with Gasteiger partial charge in [0.05, 0.1) is 0 Å². The molecule has 0 spiro atoms. The number of nitrogens with zero attached hydrogens (tertiary/aromatic N) is 1. The summed E-state index contributed by atoms with van der Waals surface area (Å²) in [5.74, 6) is -1.06. The van der Waals surface area contributed by atoms with Crippen LogP contribution in [0.5, 0.6) is 0 Å². The normalized spacial score (nSPS) is 29.2. The van der Waals surface area contributed by atoms with Gasteiger partial charge in [0.25, 0.3) is 5.91 Å². The Morgan fingerprint density at radius 1 is 1.17 bits per heavy atom. The van der Waals surface area contributed by atoms with Crippen molar-refractivity contribution in [3.05, 3.63) is 0 Å². The van der Waals surface area contributed by atoms with E-state index in [1.165, 1.54) is 0 Å². The largest absolute Gasteiger partial charge is 0.479 e. The summed E-state index contributed by atoms with van der Waals surface area (Å²) in [6.07, 6.45) is 1.41. The van der Waals surface area contributed by atoms with Gasteiger partial charge in [0.1, 0.15) is 6.10 Å². The fourth-order valence-electron chi connectivity index (χ4n) is 2.60. The highest BCUT2D eigenvalue weighted by molar-refractivity contribution is 5.82. The van der Waals surface area contributed by atoms with Crippen molar-refractivity contribution in [3.8, 4) is 0 Å². The van der Waals surface area contributed by atoms with E-state index in [0.29, 0.717) is 12.8 Å². The number of hydrogen-bond acceptors (Lipinski definition) is 4. The van der Waals surface area contributed by atoms with Crippen molar-refractivity contribution in [3.63, 3.8) is 0 Å². The molecule has 18 heavy (non-hydrogen) atoms. The number of ether oxygens (including phenoxy) is 1. The second-order valence-corrected chi connectivity index (χ2v) is 4.96. The number of carboxylic acids is 1. The number of likely N-dealkylation sites (N-methyl/N-ethyl adjacent to an activating group) is 1. The first kappa shape index (κ1) is 13.3. The Balaban J connectivity index is 1.89. The van der Waals surface area contributed by atoms with E-state index in [4.69, 9.17) is 9.84 Å². The van der Waals surface area contributed by atoms with Crippen LogP contribution in [0.25, 0.3) is 0 Å². The predicted octanol–water partition coefficient (Wildman–Crippen LogP) is -0.171. The van der Waals surface area contributed by atoms with Crippen LogP contribution in [0, 0.1) is 0 Å². The molecule has 2 fully saturated rings. The maximum absolute atomic E-state index is 12.2. The van der Waals surface area contributed by atoms with Gasteiger partial charge in [-0.05, 0) is 38.8 Å². The van der Waals surface area contributed by atoms with Crippen molar-refractivity contribution in [2.75, 3.05) is 20.1 Å². The van der Waals surface area contributed by atoms with Gasteiger partial charge in [-0.25, -0.2) is 4.79 Å². The molecular formula is C12H20N2O4. The van der Waals surface area contributed by atoms with Crippen molar-refractivity contribution < 1.29 is 19.4 Å². The molecule has 1 amide bonds. The van der Waals surface area contributed by atoms with Crippen molar-refractivity contribution in [1.82, 2.24) is 10.2 Å². The Hall–Kier alpha value is -1.14. The molecule has 2 saturated heterocycles. The molecule has 102 valence electrons. The fourth-order valence-corrected chi connectivity index (χ4v) is 2.60. The second kappa shape index (κ2) is 5.67. The molecule has 0 radical (unpaired) electrons. The summed E-state index contributed by atoms with van der Waals surface area (Å²) in [7, 11) is 1.79. The Morgan fingerprint density at radius 2 is 1.78 bits per heavy atom. The van der Waals surface area contributed by atoms with Crippen molar-refractivity contribution in [2.24, 2.45) is 0 Å². The van der Waals surface area contributed by atoms with Crippen LogP contribution in [-0.2, 0) is 14.3 Å². The minimum Gasteiger partial charge on any atom is -0.479 e. The summed E-state index contributed by atoms with van der Waals surface area (Å²) in [5.41, 5.74) is 0. The highest BCUT2D eigenvalue weighted by atomic mass is 16.5. The first-order valence-corrected chi connectivity index (χ1v) is 6.45. The maximum atomic E-state index is 12.2. The molecule has 6 nitrogen and oxygen atoms in total. The fraction of sp³-hybridized carbons (Fsp3) is 0.833. The molecular weight excluding hydrogens is 236 g/mol. The van der Waals surface area contributed by atoms with Gasteiger partial charge in [0.15, 0.2) is 6.10 Å². The minimum absolute atomic E-state index is 0.0781. The summed E-state index contributed by atoms with van der Waals surface area (Å²) in [5, 5.41) is 12.1. The lowest BCUT2D eigenvalue weighted by Crippen LogP contribution is -2.47. The maximum Gasteiger partial charge on any atom is 0.332 e. The highest BCUT2D eigenvalue weighted by Gasteiger charge is 2.37. The van der Waals surface area contributed by atoms with Crippen molar-refractivity contribution in [2.45, 2.75) is 43.9 Å². The number of hydrogen-bond donors (Lipinski definition) is 2. The molecule has 0 aromatic carbocycles. The monoisotopic (exact) mass is 256 g/mol. The van der Waals surface area contributed by atoms with E-state index >= 15 is 0 Å². The van der Waals surface area contributed by atoms with Gasteiger partial charge < -0.3 is 20.1 Å². The van der Waals surface area contributed by atoms with E-state index in [-0.39, 0.29) is 11.9 Å². The summed E-state index contributed by atoms with van der Waals surface area (Å²) >= 11 is 0. The van der Waals surface area contributed by atoms with Gasteiger partial charge in [-0.2, -0.15) is 0 Å². The average Bonchev–Trinajstić information content (AvgIpc) is 2.88. The van der Waals surface area contributed by atoms with Gasteiger partial charge in [-0.15, -0.1) is 0 Å². The predicted molar refractivity (Wildman–Crippen MR) is 64.2 cm³/mol. The standard InChI is InChI=1S/C12H20N2O4/c1-14(8-4-6-13-7-5-8)11(15)9-2-3-10(18-9)12(16)17/h8-10,13H,2-7H2,1H3,(H,16,17)/t9-,10+/m0/s1. The van der Waals surface area contributed by atoms with Crippen LogP contribution >= 0.6 is 0 Å². The lowest BCUT2D eigenvalue weighted by molar-refractivity contribution is -0.155.